The minimum atomic E-state index is -3.46. The standard InChI is InChI=1S/C16H27N3O3S/c1-16(2,3)18-12-6-11-17-15(20)13-7-9-14(10-8-13)23(21,22)19(4)5/h7-10,18H,6,11-12H2,1-5H3,(H,17,20)/p+1. The van der Waals surface area contributed by atoms with E-state index in [2.05, 4.69) is 31.4 Å². The van der Waals surface area contributed by atoms with Crippen molar-refractivity contribution in [1.82, 2.24) is 9.62 Å². The van der Waals surface area contributed by atoms with Crippen LogP contribution in [0.25, 0.3) is 0 Å². The zero-order valence-electron chi connectivity index (χ0n) is 14.6. The molecule has 1 aromatic rings. The lowest BCUT2D eigenvalue weighted by atomic mass is 10.1. The van der Waals surface area contributed by atoms with E-state index in [-0.39, 0.29) is 16.3 Å². The fourth-order valence-electron chi connectivity index (χ4n) is 1.93. The van der Waals surface area contributed by atoms with Crippen LogP contribution in [0.1, 0.15) is 37.6 Å². The largest absolute Gasteiger partial charge is 0.352 e. The molecule has 0 atom stereocenters. The van der Waals surface area contributed by atoms with E-state index in [9.17, 15) is 13.2 Å². The van der Waals surface area contributed by atoms with Crippen LogP contribution in [0.2, 0.25) is 0 Å². The highest BCUT2D eigenvalue weighted by Crippen LogP contribution is 2.13. The van der Waals surface area contributed by atoms with Crippen LogP contribution in [0.15, 0.2) is 29.2 Å². The van der Waals surface area contributed by atoms with E-state index in [0.717, 1.165) is 17.3 Å². The molecular formula is C16H28N3O3S+. The molecule has 0 spiro atoms. The molecule has 0 aliphatic carbocycles. The van der Waals surface area contributed by atoms with Crippen LogP contribution >= 0.6 is 0 Å². The Morgan fingerprint density at radius 1 is 1.17 bits per heavy atom. The van der Waals surface area contributed by atoms with Crippen LogP contribution in [0.5, 0.6) is 0 Å². The molecule has 1 aromatic carbocycles. The number of carbonyl (C=O) groups excluding carboxylic acids is 1. The van der Waals surface area contributed by atoms with Crippen molar-refractivity contribution < 1.29 is 18.5 Å². The normalized spacial score (nSPS) is 12.4. The Labute approximate surface area is 139 Å². The van der Waals surface area contributed by atoms with Gasteiger partial charge in [0.1, 0.15) is 0 Å². The quantitative estimate of drug-likeness (QED) is 0.705. The van der Waals surface area contributed by atoms with Gasteiger partial charge in [-0.25, -0.2) is 12.7 Å². The number of hydrogen-bond acceptors (Lipinski definition) is 3. The summed E-state index contributed by atoms with van der Waals surface area (Å²) < 4.78 is 25.1. The number of hydrogen-bond donors (Lipinski definition) is 2. The number of amides is 1. The molecule has 0 unspecified atom stereocenters. The molecule has 0 radical (unpaired) electrons. The summed E-state index contributed by atoms with van der Waals surface area (Å²) in [6.45, 7) is 7.99. The van der Waals surface area contributed by atoms with Gasteiger partial charge in [0.2, 0.25) is 10.0 Å². The molecule has 0 fully saturated rings. The van der Waals surface area contributed by atoms with Crippen molar-refractivity contribution in [1.29, 1.82) is 0 Å². The summed E-state index contributed by atoms with van der Waals surface area (Å²) in [4.78, 5) is 12.2. The molecule has 130 valence electrons. The average Bonchev–Trinajstić information content (AvgIpc) is 2.45. The summed E-state index contributed by atoms with van der Waals surface area (Å²) in [5.41, 5.74) is 0.653. The van der Waals surface area contributed by atoms with Crippen LogP contribution < -0.4 is 10.6 Å². The van der Waals surface area contributed by atoms with Crippen molar-refractivity contribution in [2.75, 3.05) is 27.2 Å². The second kappa shape index (κ2) is 7.90. The topological polar surface area (TPSA) is 83.1 Å². The van der Waals surface area contributed by atoms with Gasteiger partial charge in [-0.05, 0) is 45.0 Å². The van der Waals surface area contributed by atoms with E-state index in [1.54, 1.807) is 0 Å². The fraction of sp³-hybridized carbons (Fsp3) is 0.562. The van der Waals surface area contributed by atoms with E-state index in [1.165, 1.54) is 38.4 Å². The lowest BCUT2D eigenvalue weighted by Crippen LogP contribution is -2.94. The van der Waals surface area contributed by atoms with Crippen LogP contribution in [-0.2, 0) is 10.0 Å². The minimum Gasteiger partial charge on any atom is -0.352 e. The van der Waals surface area contributed by atoms with E-state index in [1.807, 2.05) is 0 Å². The molecule has 0 aliphatic rings. The Morgan fingerprint density at radius 3 is 2.22 bits per heavy atom. The summed E-state index contributed by atoms with van der Waals surface area (Å²) in [7, 11) is -0.507. The van der Waals surface area contributed by atoms with E-state index in [0.29, 0.717) is 12.1 Å². The molecule has 0 heterocycles. The Balaban J connectivity index is 2.52. The zero-order chi connectivity index (χ0) is 17.7. The van der Waals surface area contributed by atoms with Gasteiger partial charge in [0.15, 0.2) is 0 Å². The first-order chi connectivity index (χ1) is 10.5. The second-order valence-corrected chi connectivity index (χ2v) is 8.93. The van der Waals surface area contributed by atoms with Gasteiger partial charge in [0.05, 0.1) is 17.0 Å². The molecule has 6 nitrogen and oxygen atoms in total. The van der Waals surface area contributed by atoms with Gasteiger partial charge < -0.3 is 10.6 Å². The molecule has 23 heavy (non-hydrogen) atoms. The molecule has 0 saturated carbocycles. The number of nitrogens with one attached hydrogen (secondary N) is 1. The number of rotatable bonds is 7. The number of nitrogens with zero attached hydrogens (tertiary/aromatic N) is 1. The smallest absolute Gasteiger partial charge is 0.251 e. The third kappa shape index (κ3) is 6.29. The Bertz CT molecular complexity index is 617. The fourth-order valence-corrected chi connectivity index (χ4v) is 2.83. The number of carbonyl (C=O) groups is 1. The number of nitrogens with two attached hydrogens (primary N) is 1. The van der Waals surface area contributed by atoms with Crippen LogP contribution in [0.3, 0.4) is 0 Å². The van der Waals surface area contributed by atoms with Crippen molar-refractivity contribution in [3.63, 3.8) is 0 Å². The van der Waals surface area contributed by atoms with E-state index in [4.69, 9.17) is 0 Å². The van der Waals surface area contributed by atoms with Gasteiger partial charge in [-0.1, -0.05) is 0 Å². The van der Waals surface area contributed by atoms with Gasteiger partial charge in [-0.2, -0.15) is 0 Å². The maximum Gasteiger partial charge on any atom is 0.251 e. The molecule has 1 rings (SSSR count). The summed E-state index contributed by atoms with van der Waals surface area (Å²) in [6.07, 6.45) is 0.885. The van der Waals surface area contributed by atoms with E-state index >= 15 is 0 Å². The summed E-state index contributed by atoms with van der Waals surface area (Å²) in [5.74, 6) is -0.186. The Morgan fingerprint density at radius 2 is 1.74 bits per heavy atom. The SMILES string of the molecule is CN(C)S(=O)(=O)c1ccc(C(=O)NCCC[NH2+]C(C)(C)C)cc1. The van der Waals surface area contributed by atoms with Crippen LogP contribution in [0.4, 0.5) is 0 Å². The molecule has 7 heteroatoms. The molecule has 0 aromatic heterocycles. The van der Waals surface area contributed by atoms with Gasteiger partial charge in [-0.3, -0.25) is 4.79 Å². The number of benzene rings is 1. The summed E-state index contributed by atoms with van der Waals surface area (Å²) in [6, 6.07) is 5.98. The third-order valence-electron chi connectivity index (χ3n) is 3.32. The Hall–Kier alpha value is -1.44. The highest BCUT2D eigenvalue weighted by Gasteiger charge is 2.17. The minimum absolute atomic E-state index is 0.179. The molecule has 1 amide bonds. The maximum atomic E-state index is 12.0. The monoisotopic (exact) mass is 342 g/mol. The van der Waals surface area contributed by atoms with Crippen LogP contribution in [0, 0.1) is 0 Å². The molecule has 0 aliphatic heterocycles. The van der Waals surface area contributed by atoms with Crippen molar-refractivity contribution in [2.45, 2.75) is 37.6 Å². The van der Waals surface area contributed by atoms with Crippen molar-refractivity contribution in [3.05, 3.63) is 29.8 Å². The predicted octanol–water partition coefficient (Wildman–Crippen LogP) is 0.419. The third-order valence-corrected chi connectivity index (χ3v) is 5.15. The van der Waals surface area contributed by atoms with Crippen molar-refractivity contribution in [3.8, 4) is 0 Å². The predicted molar refractivity (Wildman–Crippen MR) is 90.8 cm³/mol. The van der Waals surface area contributed by atoms with E-state index < -0.39 is 10.0 Å². The number of quaternary nitrogens is 1. The Kier molecular flexibility index (Phi) is 6.73. The van der Waals surface area contributed by atoms with Gasteiger partial charge >= 0.3 is 0 Å². The number of sulfonamides is 1. The second-order valence-electron chi connectivity index (χ2n) is 6.78. The first-order valence-corrected chi connectivity index (χ1v) is 9.13. The summed E-state index contributed by atoms with van der Waals surface area (Å²) >= 11 is 0. The average molecular weight is 342 g/mol. The first-order valence-electron chi connectivity index (χ1n) is 7.69. The van der Waals surface area contributed by atoms with Crippen molar-refractivity contribution in [2.24, 2.45) is 0 Å². The lowest BCUT2D eigenvalue weighted by Gasteiger charge is -2.16. The summed E-state index contributed by atoms with van der Waals surface area (Å²) in [5, 5.41) is 5.08. The molecular weight excluding hydrogens is 314 g/mol. The highest BCUT2D eigenvalue weighted by atomic mass is 32.2. The van der Waals surface area contributed by atoms with Gasteiger partial charge in [-0.15, -0.1) is 0 Å². The highest BCUT2D eigenvalue weighted by molar-refractivity contribution is 7.89. The zero-order valence-corrected chi connectivity index (χ0v) is 15.4. The molecule has 3 N–H and O–H groups in total. The molecule has 0 saturated heterocycles. The maximum absolute atomic E-state index is 12.0. The van der Waals surface area contributed by atoms with Gasteiger partial charge in [0, 0.05) is 32.6 Å². The van der Waals surface area contributed by atoms with Crippen LogP contribution in [-0.4, -0.2) is 51.4 Å². The lowest BCUT2D eigenvalue weighted by molar-refractivity contribution is -0.717. The van der Waals surface area contributed by atoms with Gasteiger partial charge in [0.25, 0.3) is 5.91 Å². The molecule has 0 bridgehead atoms. The van der Waals surface area contributed by atoms with Crippen molar-refractivity contribution >= 4 is 15.9 Å². The first kappa shape index (κ1) is 19.6.